The van der Waals surface area contributed by atoms with Crippen molar-refractivity contribution >= 4 is 5.91 Å². The lowest BCUT2D eigenvalue weighted by molar-refractivity contribution is 0.0684. The van der Waals surface area contributed by atoms with E-state index in [4.69, 9.17) is 9.26 Å². The maximum absolute atomic E-state index is 12.7. The van der Waals surface area contributed by atoms with Gasteiger partial charge in [-0.25, -0.2) is 0 Å². The van der Waals surface area contributed by atoms with E-state index >= 15 is 0 Å². The van der Waals surface area contributed by atoms with Gasteiger partial charge in [0.25, 0.3) is 5.91 Å². The van der Waals surface area contributed by atoms with E-state index in [0.717, 1.165) is 37.2 Å². The number of nitrogens with zero attached hydrogens (tertiary/aromatic N) is 2. The number of aromatic nitrogens is 1. The molecule has 0 atom stereocenters. The summed E-state index contributed by atoms with van der Waals surface area (Å²) in [6.45, 7) is 5.88. The average molecular weight is 314 g/mol. The number of ether oxygens (including phenoxy) is 1. The van der Waals surface area contributed by atoms with Gasteiger partial charge in [-0.2, -0.15) is 0 Å². The summed E-state index contributed by atoms with van der Waals surface area (Å²) >= 11 is 0. The topological polar surface area (TPSA) is 55.6 Å². The van der Waals surface area contributed by atoms with Crippen LogP contribution in [0, 0.1) is 12.8 Å². The summed E-state index contributed by atoms with van der Waals surface area (Å²) in [5.41, 5.74) is 1.12. The minimum absolute atomic E-state index is 0.0552. The molecule has 1 fully saturated rings. The highest BCUT2D eigenvalue weighted by Gasteiger charge is 2.27. The Bertz CT molecular complexity index is 658. The molecule has 23 heavy (non-hydrogen) atoms. The molecule has 5 heteroatoms. The number of piperidine rings is 1. The number of carbonyl (C=O) groups is 1. The first-order valence-corrected chi connectivity index (χ1v) is 8.07. The number of aryl methyl sites for hydroxylation is 1. The van der Waals surface area contributed by atoms with Crippen molar-refractivity contribution in [3.63, 3.8) is 0 Å². The minimum atomic E-state index is -0.0552. The first-order valence-electron chi connectivity index (χ1n) is 8.07. The lowest BCUT2D eigenvalue weighted by Gasteiger charge is -2.29. The third-order valence-electron chi connectivity index (χ3n) is 4.38. The monoisotopic (exact) mass is 314 g/mol. The van der Waals surface area contributed by atoms with Gasteiger partial charge in [-0.3, -0.25) is 4.79 Å². The van der Waals surface area contributed by atoms with Gasteiger partial charge in [-0.05, 0) is 37.8 Å². The molecule has 1 aliphatic rings. The standard InChI is InChI=1S/C18H22N2O3/c1-13-8-10-20(11-9-13)18(21)17-16(14(2)23-19-17)12-22-15-6-4-3-5-7-15/h3-7,13H,8-12H2,1-2H3. The van der Waals surface area contributed by atoms with Gasteiger partial charge >= 0.3 is 0 Å². The normalized spacial score (nSPS) is 15.7. The van der Waals surface area contributed by atoms with Gasteiger partial charge in [0, 0.05) is 13.1 Å². The number of hydrogen-bond acceptors (Lipinski definition) is 4. The van der Waals surface area contributed by atoms with Crippen LogP contribution in [0.25, 0.3) is 0 Å². The van der Waals surface area contributed by atoms with Crippen LogP contribution in [0.15, 0.2) is 34.9 Å². The third kappa shape index (κ3) is 3.55. The fourth-order valence-corrected chi connectivity index (χ4v) is 2.76. The zero-order valence-corrected chi connectivity index (χ0v) is 13.6. The second-order valence-corrected chi connectivity index (χ2v) is 6.14. The molecule has 2 heterocycles. The summed E-state index contributed by atoms with van der Waals surface area (Å²) in [5, 5.41) is 3.98. The molecule has 1 aromatic heterocycles. The number of para-hydroxylation sites is 1. The van der Waals surface area contributed by atoms with E-state index in [1.54, 1.807) is 0 Å². The summed E-state index contributed by atoms with van der Waals surface area (Å²) in [6, 6.07) is 9.53. The minimum Gasteiger partial charge on any atom is -0.489 e. The Morgan fingerprint density at radius 2 is 2.00 bits per heavy atom. The highest BCUT2D eigenvalue weighted by atomic mass is 16.5. The smallest absolute Gasteiger partial charge is 0.276 e. The van der Waals surface area contributed by atoms with E-state index in [1.807, 2.05) is 42.2 Å². The summed E-state index contributed by atoms with van der Waals surface area (Å²) < 4.78 is 11.0. The fourth-order valence-electron chi connectivity index (χ4n) is 2.76. The molecule has 0 N–H and O–H groups in total. The van der Waals surface area contributed by atoms with Gasteiger partial charge in [0.1, 0.15) is 18.1 Å². The second-order valence-electron chi connectivity index (χ2n) is 6.14. The molecule has 1 amide bonds. The molecule has 2 aromatic rings. The zero-order chi connectivity index (χ0) is 16.2. The van der Waals surface area contributed by atoms with Crippen molar-refractivity contribution in [3.05, 3.63) is 47.3 Å². The first kappa shape index (κ1) is 15.6. The maximum Gasteiger partial charge on any atom is 0.276 e. The molecule has 0 spiro atoms. The Kier molecular flexibility index (Phi) is 4.65. The SMILES string of the molecule is Cc1onc(C(=O)N2CCC(C)CC2)c1COc1ccccc1. The molecule has 122 valence electrons. The van der Waals surface area contributed by atoms with Crippen molar-refractivity contribution in [1.29, 1.82) is 0 Å². The molecule has 1 aromatic carbocycles. The lowest BCUT2D eigenvalue weighted by Crippen LogP contribution is -2.38. The van der Waals surface area contributed by atoms with Crippen molar-refractivity contribution in [3.8, 4) is 5.75 Å². The molecular weight excluding hydrogens is 292 g/mol. The van der Waals surface area contributed by atoms with Crippen molar-refractivity contribution in [2.24, 2.45) is 5.92 Å². The molecule has 0 radical (unpaired) electrons. The Balaban J connectivity index is 1.72. The molecule has 5 nitrogen and oxygen atoms in total. The van der Waals surface area contributed by atoms with Gasteiger partial charge in [-0.1, -0.05) is 30.3 Å². The van der Waals surface area contributed by atoms with Crippen LogP contribution >= 0.6 is 0 Å². The Labute approximate surface area is 136 Å². The van der Waals surface area contributed by atoms with Gasteiger partial charge in [-0.15, -0.1) is 0 Å². The van der Waals surface area contributed by atoms with Gasteiger partial charge in [0.15, 0.2) is 5.69 Å². The maximum atomic E-state index is 12.7. The highest BCUT2D eigenvalue weighted by Crippen LogP contribution is 2.22. The van der Waals surface area contributed by atoms with Gasteiger partial charge in [0.05, 0.1) is 5.56 Å². The van der Waals surface area contributed by atoms with Crippen LogP contribution in [-0.4, -0.2) is 29.1 Å². The number of benzene rings is 1. The van der Waals surface area contributed by atoms with Crippen LogP contribution in [0.1, 0.15) is 41.6 Å². The second kappa shape index (κ2) is 6.86. The van der Waals surface area contributed by atoms with Crippen molar-refractivity contribution in [2.75, 3.05) is 13.1 Å². The molecule has 1 saturated heterocycles. The van der Waals surface area contributed by atoms with Crippen LogP contribution in [0.3, 0.4) is 0 Å². The Morgan fingerprint density at radius 3 is 2.70 bits per heavy atom. The number of amides is 1. The number of rotatable bonds is 4. The van der Waals surface area contributed by atoms with E-state index in [9.17, 15) is 4.79 Å². The van der Waals surface area contributed by atoms with Crippen LogP contribution in [-0.2, 0) is 6.61 Å². The first-order chi connectivity index (χ1) is 11.1. The molecular formula is C18H22N2O3. The molecule has 0 saturated carbocycles. The number of likely N-dealkylation sites (tertiary alicyclic amines) is 1. The summed E-state index contributed by atoms with van der Waals surface area (Å²) in [7, 11) is 0. The molecule has 1 aliphatic heterocycles. The van der Waals surface area contributed by atoms with Crippen LogP contribution < -0.4 is 4.74 Å². The summed E-state index contributed by atoms with van der Waals surface area (Å²) in [4.78, 5) is 14.6. The average Bonchev–Trinajstić information content (AvgIpc) is 2.95. The van der Waals surface area contributed by atoms with Gasteiger partial charge in [0.2, 0.25) is 0 Å². The predicted octanol–water partition coefficient (Wildman–Crippen LogP) is 3.43. The highest BCUT2D eigenvalue weighted by molar-refractivity contribution is 5.93. The number of carbonyl (C=O) groups excluding carboxylic acids is 1. The third-order valence-corrected chi connectivity index (χ3v) is 4.38. The lowest BCUT2D eigenvalue weighted by atomic mass is 9.99. The molecule has 0 bridgehead atoms. The fraction of sp³-hybridized carbons (Fsp3) is 0.444. The molecule has 0 aliphatic carbocycles. The summed E-state index contributed by atoms with van der Waals surface area (Å²) in [6.07, 6.45) is 2.08. The molecule has 3 rings (SSSR count). The van der Waals surface area contributed by atoms with E-state index in [2.05, 4.69) is 12.1 Å². The quantitative estimate of drug-likeness (QED) is 0.867. The van der Waals surface area contributed by atoms with E-state index < -0.39 is 0 Å². The Morgan fingerprint density at radius 1 is 1.30 bits per heavy atom. The van der Waals surface area contributed by atoms with Crippen molar-refractivity contribution < 1.29 is 14.1 Å². The van der Waals surface area contributed by atoms with E-state index in [1.165, 1.54) is 0 Å². The van der Waals surface area contributed by atoms with Crippen molar-refractivity contribution in [1.82, 2.24) is 10.1 Å². The summed E-state index contributed by atoms with van der Waals surface area (Å²) in [5.74, 6) is 2.02. The molecule has 0 unspecified atom stereocenters. The predicted molar refractivity (Wildman–Crippen MR) is 86.3 cm³/mol. The zero-order valence-electron chi connectivity index (χ0n) is 13.6. The van der Waals surface area contributed by atoms with Crippen LogP contribution in [0.4, 0.5) is 0 Å². The van der Waals surface area contributed by atoms with Gasteiger partial charge < -0.3 is 14.2 Å². The Hall–Kier alpha value is -2.30. The van der Waals surface area contributed by atoms with Crippen molar-refractivity contribution in [2.45, 2.75) is 33.3 Å². The van der Waals surface area contributed by atoms with Crippen LogP contribution in [0.2, 0.25) is 0 Å². The largest absolute Gasteiger partial charge is 0.489 e. The van der Waals surface area contributed by atoms with E-state index in [-0.39, 0.29) is 12.5 Å². The number of hydrogen-bond donors (Lipinski definition) is 0. The van der Waals surface area contributed by atoms with Crippen LogP contribution in [0.5, 0.6) is 5.75 Å². The van der Waals surface area contributed by atoms with E-state index in [0.29, 0.717) is 17.4 Å².